The summed E-state index contributed by atoms with van der Waals surface area (Å²) in [5.41, 5.74) is 0.941. The predicted molar refractivity (Wildman–Crippen MR) is 55.0 cm³/mol. The minimum atomic E-state index is 0.662. The second-order valence-corrected chi connectivity index (χ2v) is 3.49. The number of halogens is 1. The van der Waals surface area contributed by atoms with Gasteiger partial charge in [-0.2, -0.15) is 5.10 Å². The van der Waals surface area contributed by atoms with Crippen molar-refractivity contribution in [1.29, 1.82) is 0 Å². The third-order valence-electron chi connectivity index (χ3n) is 1.82. The topological polar surface area (TPSA) is 37.9 Å². The fraction of sp³-hybridized carbons (Fsp3) is 0.222. The Morgan fingerprint density at radius 1 is 1.54 bits per heavy atom. The van der Waals surface area contributed by atoms with Crippen LogP contribution in [0.15, 0.2) is 22.8 Å². The molecule has 1 heterocycles. The molecule has 0 saturated heterocycles. The van der Waals surface area contributed by atoms with Crippen LogP contribution in [-0.2, 0) is 0 Å². The van der Waals surface area contributed by atoms with E-state index in [9.17, 15) is 0 Å². The molecule has 1 N–H and O–H groups in total. The maximum atomic E-state index is 5.44. The Kier molecular flexibility index (Phi) is 2.22. The van der Waals surface area contributed by atoms with Crippen LogP contribution in [0.2, 0.25) is 0 Å². The molecule has 0 saturated carbocycles. The van der Waals surface area contributed by atoms with Gasteiger partial charge in [-0.05, 0) is 19.1 Å². The SMILES string of the molecule is CCOc1ccc(Br)c2cn[nH]c12. The number of rotatable bonds is 2. The van der Waals surface area contributed by atoms with E-state index >= 15 is 0 Å². The maximum absolute atomic E-state index is 5.44. The summed E-state index contributed by atoms with van der Waals surface area (Å²) in [7, 11) is 0. The van der Waals surface area contributed by atoms with Crippen LogP contribution in [0.25, 0.3) is 10.9 Å². The first kappa shape index (κ1) is 8.56. The number of nitrogens with zero attached hydrogens (tertiary/aromatic N) is 1. The number of ether oxygens (including phenoxy) is 1. The largest absolute Gasteiger partial charge is 0.492 e. The van der Waals surface area contributed by atoms with Gasteiger partial charge >= 0.3 is 0 Å². The van der Waals surface area contributed by atoms with Crippen molar-refractivity contribution in [2.45, 2.75) is 6.92 Å². The monoisotopic (exact) mass is 240 g/mol. The van der Waals surface area contributed by atoms with E-state index in [-0.39, 0.29) is 0 Å². The van der Waals surface area contributed by atoms with Crippen LogP contribution in [0.5, 0.6) is 5.75 Å². The zero-order valence-corrected chi connectivity index (χ0v) is 8.76. The van der Waals surface area contributed by atoms with Crippen molar-refractivity contribution in [3.8, 4) is 5.75 Å². The number of fused-ring (bicyclic) bond motifs is 1. The van der Waals surface area contributed by atoms with Gasteiger partial charge in [-0.3, -0.25) is 5.10 Å². The van der Waals surface area contributed by atoms with Gasteiger partial charge in [0, 0.05) is 9.86 Å². The van der Waals surface area contributed by atoms with E-state index in [0.29, 0.717) is 6.61 Å². The van der Waals surface area contributed by atoms with Crippen molar-refractivity contribution in [3.63, 3.8) is 0 Å². The molecule has 0 unspecified atom stereocenters. The lowest BCUT2D eigenvalue weighted by Gasteiger charge is -2.04. The molecule has 0 aliphatic heterocycles. The lowest BCUT2D eigenvalue weighted by atomic mass is 10.2. The first-order valence-electron chi connectivity index (χ1n) is 4.07. The summed E-state index contributed by atoms with van der Waals surface area (Å²) in [6.45, 7) is 2.62. The molecule has 0 radical (unpaired) electrons. The van der Waals surface area contributed by atoms with Crippen LogP contribution in [0, 0.1) is 0 Å². The second-order valence-electron chi connectivity index (χ2n) is 2.64. The van der Waals surface area contributed by atoms with Gasteiger partial charge in [0.25, 0.3) is 0 Å². The molecule has 0 aliphatic carbocycles. The maximum Gasteiger partial charge on any atom is 0.144 e. The van der Waals surface area contributed by atoms with Crippen LogP contribution >= 0.6 is 15.9 Å². The van der Waals surface area contributed by atoms with Gasteiger partial charge < -0.3 is 4.74 Å². The van der Waals surface area contributed by atoms with Crippen molar-refractivity contribution in [1.82, 2.24) is 10.2 Å². The molecule has 0 aliphatic rings. The smallest absolute Gasteiger partial charge is 0.144 e. The van der Waals surface area contributed by atoms with E-state index in [0.717, 1.165) is 21.1 Å². The Labute approximate surface area is 84.2 Å². The Morgan fingerprint density at radius 2 is 2.38 bits per heavy atom. The highest BCUT2D eigenvalue weighted by Crippen LogP contribution is 2.29. The van der Waals surface area contributed by atoms with E-state index in [1.165, 1.54) is 0 Å². The fourth-order valence-corrected chi connectivity index (χ4v) is 1.69. The minimum Gasteiger partial charge on any atom is -0.492 e. The number of hydrogen-bond donors (Lipinski definition) is 1. The van der Waals surface area contributed by atoms with Crippen molar-refractivity contribution >= 4 is 26.8 Å². The molecule has 1 aromatic heterocycles. The predicted octanol–water partition coefficient (Wildman–Crippen LogP) is 2.72. The molecule has 1 aromatic carbocycles. The molecule has 0 spiro atoms. The normalized spacial score (nSPS) is 10.6. The average molecular weight is 241 g/mol. The highest BCUT2D eigenvalue weighted by molar-refractivity contribution is 9.10. The number of H-pyrrole nitrogens is 1. The second kappa shape index (κ2) is 3.38. The third-order valence-corrected chi connectivity index (χ3v) is 2.52. The van der Waals surface area contributed by atoms with Crippen LogP contribution in [0.3, 0.4) is 0 Å². The third kappa shape index (κ3) is 1.42. The lowest BCUT2D eigenvalue weighted by Crippen LogP contribution is -1.92. The first-order chi connectivity index (χ1) is 6.33. The van der Waals surface area contributed by atoms with Crippen LogP contribution in [-0.4, -0.2) is 16.8 Å². The number of benzene rings is 1. The molecule has 13 heavy (non-hydrogen) atoms. The van der Waals surface area contributed by atoms with Crippen molar-refractivity contribution in [2.24, 2.45) is 0 Å². The average Bonchev–Trinajstić information content (AvgIpc) is 2.59. The van der Waals surface area contributed by atoms with E-state index < -0.39 is 0 Å². The number of aromatic nitrogens is 2. The summed E-state index contributed by atoms with van der Waals surface area (Å²) in [6.07, 6.45) is 1.78. The van der Waals surface area contributed by atoms with E-state index in [2.05, 4.69) is 26.1 Å². The lowest BCUT2D eigenvalue weighted by molar-refractivity contribution is 0.343. The summed E-state index contributed by atoms with van der Waals surface area (Å²) >= 11 is 3.45. The Balaban J connectivity index is 2.64. The summed E-state index contributed by atoms with van der Waals surface area (Å²) in [6, 6.07) is 3.89. The highest BCUT2D eigenvalue weighted by atomic mass is 79.9. The van der Waals surface area contributed by atoms with Crippen LogP contribution in [0.4, 0.5) is 0 Å². The molecular formula is C9H9BrN2O. The number of hydrogen-bond acceptors (Lipinski definition) is 2. The molecule has 3 nitrogen and oxygen atoms in total. The summed E-state index contributed by atoms with van der Waals surface area (Å²) in [4.78, 5) is 0. The van der Waals surface area contributed by atoms with E-state index in [4.69, 9.17) is 4.74 Å². The highest BCUT2D eigenvalue weighted by Gasteiger charge is 2.06. The quantitative estimate of drug-likeness (QED) is 0.877. The van der Waals surface area contributed by atoms with Crippen molar-refractivity contribution < 1.29 is 4.74 Å². The zero-order valence-electron chi connectivity index (χ0n) is 7.17. The molecular weight excluding hydrogens is 232 g/mol. The summed E-state index contributed by atoms with van der Waals surface area (Å²) in [5.74, 6) is 0.846. The van der Waals surface area contributed by atoms with Gasteiger partial charge in [0.2, 0.25) is 0 Å². The molecule has 0 atom stereocenters. The summed E-state index contributed by atoms with van der Waals surface area (Å²) < 4.78 is 6.47. The molecule has 68 valence electrons. The van der Waals surface area contributed by atoms with Gasteiger partial charge in [0.1, 0.15) is 11.3 Å². The van der Waals surface area contributed by atoms with Gasteiger partial charge in [0.05, 0.1) is 12.8 Å². The molecule has 0 fully saturated rings. The summed E-state index contributed by atoms with van der Waals surface area (Å²) in [5, 5.41) is 7.93. The van der Waals surface area contributed by atoms with Gasteiger partial charge in [-0.15, -0.1) is 0 Å². The van der Waals surface area contributed by atoms with Crippen LogP contribution < -0.4 is 4.74 Å². The van der Waals surface area contributed by atoms with Crippen molar-refractivity contribution in [3.05, 3.63) is 22.8 Å². The van der Waals surface area contributed by atoms with Crippen molar-refractivity contribution in [2.75, 3.05) is 6.61 Å². The first-order valence-corrected chi connectivity index (χ1v) is 4.86. The van der Waals surface area contributed by atoms with E-state index in [1.807, 2.05) is 19.1 Å². The Morgan fingerprint density at radius 3 is 3.15 bits per heavy atom. The fourth-order valence-electron chi connectivity index (χ4n) is 1.25. The Bertz CT molecular complexity index is 424. The molecule has 0 amide bonds. The van der Waals surface area contributed by atoms with Gasteiger partial charge in [-0.25, -0.2) is 0 Å². The van der Waals surface area contributed by atoms with Crippen LogP contribution in [0.1, 0.15) is 6.92 Å². The number of aromatic amines is 1. The Hall–Kier alpha value is -1.03. The van der Waals surface area contributed by atoms with Gasteiger partial charge in [0.15, 0.2) is 0 Å². The van der Waals surface area contributed by atoms with Gasteiger partial charge in [-0.1, -0.05) is 15.9 Å². The molecule has 2 aromatic rings. The molecule has 2 rings (SSSR count). The molecule has 0 bridgehead atoms. The van der Waals surface area contributed by atoms with E-state index in [1.54, 1.807) is 6.20 Å². The number of nitrogens with one attached hydrogen (secondary N) is 1. The molecule has 4 heteroatoms. The minimum absolute atomic E-state index is 0.662. The standard InChI is InChI=1S/C9H9BrN2O/c1-2-13-8-4-3-7(10)6-5-11-12-9(6)8/h3-5H,2H2,1H3,(H,11,12). The zero-order chi connectivity index (χ0) is 9.26.